The summed E-state index contributed by atoms with van der Waals surface area (Å²) in [6.45, 7) is 2.65. The molecule has 2 aromatic heterocycles. The van der Waals surface area contributed by atoms with Gasteiger partial charge in [-0.25, -0.2) is 0 Å². The first-order chi connectivity index (χ1) is 10.6. The Kier molecular flexibility index (Phi) is 4.13. The lowest BCUT2D eigenvalue weighted by molar-refractivity contribution is 0.219. The third-order valence-corrected chi connectivity index (χ3v) is 4.61. The zero-order valence-corrected chi connectivity index (χ0v) is 13.5. The number of pyridine rings is 1. The largest absolute Gasteiger partial charge is 0.395 e. The number of thiocarbonyl (C=S) groups is 1. The molecule has 1 aliphatic heterocycles. The number of hydrogen-bond acceptors (Lipinski definition) is 3. The van der Waals surface area contributed by atoms with E-state index in [2.05, 4.69) is 41.0 Å². The normalized spacial score (nSPS) is 21.2. The van der Waals surface area contributed by atoms with E-state index in [1.165, 1.54) is 5.69 Å². The van der Waals surface area contributed by atoms with E-state index in [0.717, 1.165) is 11.4 Å². The molecular weight excluding hydrogens is 296 g/mol. The summed E-state index contributed by atoms with van der Waals surface area (Å²) in [6, 6.07) is 10.1. The molecule has 2 aromatic rings. The summed E-state index contributed by atoms with van der Waals surface area (Å²) in [6.07, 6.45) is 1.79. The lowest BCUT2D eigenvalue weighted by Crippen LogP contribution is -2.32. The maximum atomic E-state index is 9.39. The number of aromatic nitrogens is 2. The zero-order chi connectivity index (χ0) is 15.7. The van der Waals surface area contributed by atoms with Crippen LogP contribution in [0.3, 0.4) is 0 Å². The van der Waals surface area contributed by atoms with Crippen molar-refractivity contribution < 1.29 is 5.11 Å². The Morgan fingerprint density at radius 2 is 2.14 bits per heavy atom. The van der Waals surface area contributed by atoms with Crippen LogP contribution in [0, 0.1) is 6.92 Å². The fraction of sp³-hybridized carbons (Fsp3) is 0.375. The van der Waals surface area contributed by atoms with Crippen molar-refractivity contribution in [3.05, 3.63) is 53.6 Å². The Morgan fingerprint density at radius 3 is 2.73 bits per heavy atom. The van der Waals surface area contributed by atoms with Gasteiger partial charge in [0.2, 0.25) is 0 Å². The molecule has 1 fully saturated rings. The Labute approximate surface area is 135 Å². The third-order valence-electron chi connectivity index (χ3n) is 4.25. The van der Waals surface area contributed by atoms with Crippen molar-refractivity contribution in [2.24, 2.45) is 7.05 Å². The van der Waals surface area contributed by atoms with Gasteiger partial charge in [0.25, 0.3) is 0 Å². The molecule has 0 radical (unpaired) electrons. The summed E-state index contributed by atoms with van der Waals surface area (Å²) in [5.74, 6) is 0. The molecule has 22 heavy (non-hydrogen) atoms. The monoisotopic (exact) mass is 316 g/mol. The first kappa shape index (κ1) is 15.0. The Balaban J connectivity index is 2.05. The smallest absolute Gasteiger partial charge is 0.170 e. The molecule has 1 aliphatic rings. The van der Waals surface area contributed by atoms with Crippen molar-refractivity contribution in [2.45, 2.75) is 19.0 Å². The van der Waals surface area contributed by atoms with Gasteiger partial charge >= 0.3 is 0 Å². The molecule has 0 saturated carbocycles. The van der Waals surface area contributed by atoms with Gasteiger partial charge in [-0.1, -0.05) is 6.07 Å². The molecule has 2 N–H and O–H groups in total. The highest BCUT2D eigenvalue weighted by atomic mass is 32.1. The van der Waals surface area contributed by atoms with E-state index in [-0.39, 0.29) is 18.7 Å². The topological polar surface area (TPSA) is 53.3 Å². The number of hydrogen-bond donors (Lipinski definition) is 2. The zero-order valence-electron chi connectivity index (χ0n) is 12.7. The van der Waals surface area contributed by atoms with Crippen molar-refractivity contribution >= 4 is 17.3 Å². The Morgan fingerprint density at radius 1 is 1.32 bits per heavy atom. The van der Waals surface area contributed by atoms with Gasteiger partial charge in [0.1, 0.15) is 0 Å². The number of aliphatic hydroxyl groups is 1. The predicted octanol–water partition coefficient (Wildman–Crippen LogP) is 1.69. The van der Waals surface area contributed by atoms with Crippen LogP contribution >= 0.6 is 12.2 Å². The molecule has 2 atom stereocenters. The SMILES string of the molecule is Cc1ccc([C@H]2[C@@H](c3ccccn3)NC(=S)N2CCO)n1C. The van der Waals surface area contributed by atoms with Gasteiger partial charge in [-0.05, 0) is 43.4 Å². The number of aryl methyl sites for hydroxylation is 1. The summed E-state index contributed by atoms with van der Waals surface area (Å²) in [5, 5.41) is 13.4. The van der Waals surface area contributed by atoms with Crippen molar-refractivity contribution in [2.75, 3.05) is 13.2 Å². The maximum absolute atomic E-state index is 9.39. The fourth-order valence-corrected chi connectivity index (χ4v) is 3.34. The van der Waals surface area contributed by atoms with E-state index >= 15 is 0 Å². The molecule has 0 aromatic carbocycles. The third kappa shape index (κ3) is 2.48. The summed E-state index contributed by atoms with van der Waals surface area (Å²) in [5.41, 5.74) is 3.31. The molecule has 0 aliphatic carbocycles. The molecule has 3 heterocycles. The average molecular weight is 316 g/mol. The van der Waals surface area contributed by atoms with Gasteiger partial charge in [-0.2, -0.15) is 0 Å². The average Bonchev–Trinajstić information content (AvgIpc) is 3.02. The van der Waals surface area contributed by atoms with Crippen LogP contribution in [0.25, 0.3) is 0 Å². The highest BCUT2D eigenvalue weighted by Crippen LogP contribution is 2.38. The van der Waals surface area contributed by atoms with E-state index in [4.69, 9.17) is 12.2 Å². The minimum atomic E-state index is -0.0201. The highest BCUT2D eigenvalue weighted by Gasteiger charge is 2.40. The van der Waals surface area contributed by atoms with Crippen LogP contribution in [0.2, 0.25) is 0 Å². The van der Waals surface area contributed by atoms with E-state index < -0.39 is 0 Å². The van der Waals surface area contributed by atoms with E-state index in [1.807, 2.05) is 23.1 Å². The lowest BCUT2D eigenvalue weighted by Gasteiger charge is -2.27. The number of β-amino-alcohol motifs (C(OH)–C–C–N with tert-alkyl or cyclic N) is 1. The minimum absolute atomic E-state index is 0.0201. The second-order valence-electron chi connectivity index (χ2n) is 5.50. The lowest BCUT2D eigenvalue weighted by atomic mass is 10.0. The second-order valence-corrected chi connectivity index (χ2v) is 5.89. The molecule has 0 bridgehead atoms. The van der Waals surface area contributed by atoms with Crippen LogP contribution in [0.1, 0.15) is 29.2 Å². The number of nitrogens with one attached hydrogen (secondary N) is 1. The molecule has 0 unspecified atom stereocenters. The summed E-state index contributed by atoms with van der Waals surface area (Å²) >= 11 is 5.48. The van der Waals surface area contributed by atoms with Crippen LogP contribution in [0.15, 0.2) is 36.5 Å². The van der Waals surface area contributed by atoms with Crippen molar-refractivity contribution in [3.8, 4) is 0 Å². The van der Waals surface area contributed by atoms with Gasteiger partial charge in [0, 0.05) is 31.2 Å². The van der Waals surface area contributed by atoms with Gasteiger partial charge in [-0.15, -0.1) is 0 Å². The van der Waals surface area contributed by atoms with E-state index in [1.54, 1.807) is 6.20 Å². The Hall–Kier alpha value is -1.92. The predicted molar refractivity (Wildman–Crippen MR) is 89.4 cm³/mol. The second kappa shape index (κ2) is 6.06. The minimum Gasteiger partial charge on any atom is -0.395 e. The maximum Gasteiger partial charge on any atom is 0.170 e. The molecule has 1 saturated heterocycles. The number of rotatable bonds is 4. The van der Waals surface area contributed by atoms with Crippen LogP contribution in [0.5, 0.6) is 0 Å². The van der Waals surface area contributed by atoms with Crippen molar-refractivity contribution in [1.29, 1.82) is 0 Å². The highest BCUT2D eigenvalue weighted by molar-refractivity contribution is 7.80. The standard InChI is InChI=1S/C16H20N4OS/c1-11-6-7-13(19(11)2)15-14(12-5-3-4-8-17-12)18-16(22)20(15)9-10-21/h3-8,14-15,21H,9-10H2,1-2H3,(H,18,22)/t14-,15+/m1/s1. The van der Waals surface area contributed by atoms with Crippen LogP contribution < -0.4 is 5.32 Å². The van der Waals surface area contributed by atoms with Gasteiger partial charge in [0.05, 0.1) is 24.4 Å². The molecular formula is C16H20N4OS. The quantitative estimate of drug-likeness (QED) is 0.841. The van der Waals surface area contributed by atoms with E-state index in [9.17, 15) is 5.11 Å². The summed E-state index contributed by atoms with van der Waals surface area (Å²) in [7, 11) is 2.05. The van der Waals surface area contributed by atoms with E-state index in [0.29, 0.717) is 11.7 Å². The van der Waals surface area contributed by atoms with Gasteiger partial charge < -0.3 is 19.9 Å². The Bertz CT molecular complexity index is 670. The first-order valence-corrected chi connectivity index (χ1v) is 7.75. The van der Waals surface area contributed by atoms with Crippen LogP contribution in [-0.2, 0) is 7.05 Å². The molecule has 0 spiro atoms. The molecule has 116 valence electrons. The first-order valence-electron chi connectivity index (χ1n) is 7.34. The summed E-state index contributed by atoms with van der Waals surface area (Å²) < 4.78 is 2.17. The van der Waals surface area contributed by atoms with Gasteiger partial charge in [-0.3, -0.25) is 4.98 Å². The molecule has 0 amide bonds. The van der Waals surface area contributed by atoms with Crippen molar-refractivity contribution in [3.63, 3.8) is 0 Å². The summed E-state index contributed by atoms with van der Waals surface area (Å²) in [4.78, 5) is 6.53. The molecule has 6 heteroatoms. The van der Waals surface area contributed by atoms with Gasteiger partial charge in [0.15, 0.2) is 5.11 Å². The van der Waals surface area contributed by atoms with Crippen LogP contribution in [-0.4, -0.2) is 37.8 Å². The molecule has 3 rings (SSSR count). The number of nitrogens with zero attached hydrogens (tertiary/aromatic N) is 3. The van der Waals surface area contributed by atoms with Crippen molar-refractivity contribution in [1.82, 2.24) is 19.8 Å². The van der Waals surface area contributed by atoms with Crippen LogP contribution in [0.4, 0.5) is 0 Å². The fourth-order valence-electron chi connectivity index (χ4n) is 3.01. The molecule has 5 nitrogen and oxygen atoms in total. The number of aliphatic hydroxyl groups excluding tert-OH is 1.